The predicted octanol–water partition coefficient (Wildman–Crippen LogP) is 4.01. The van der Waals surface area contributed by atoms with Gasteiger partial charge in [-0.1, -0.05) is 13.0 Å². The first-order valence-electron chi connectivity index (χ1n) is 12.2. The van der Waals surface area contributed by atoms with Crippen LogP contribution in [0.25, 0.3) is 11.3 Å². The molecule has 4 heterocycles. The quantitative estimate of drug-likeness (QED) is 0.456. The largest absolute Gasteiger partial charge is 0.435 e. The summed E-state index contributed by atoms with van der Waals surface area (Å²) >= 11 is 0. The maximum atomic E-state index is 15.1. The minimum absolute atomic E-state index is 0.0933. The van der Waals surface area contributed by atoms with Crippen molar-refractivity contribution in [2.24, 2.45) is 5.92 Å². The molecule has 0 radical (unpaired) electrons. The van der Waals surface area contributed by atoms with Crippen LogP contribution in [0.2, 0.25) is 0 Å². The third kappa shape index (κ3) is 4.99. The zero-order valence-electron chi connectivity index (χ0n) is 19.9. The lowest BCUT2D eigenvalue weighted by atomic mass is 9.86. The van der Waals surface area contributed by atoms with Gasteiger partial charge < -0.3 is 20.7 Å². The Morgan fingerprint density at radius 2 is 1.97 bits per heavy atom. The van der Waals surface area contributed by atoms with E-state index in [4.69, 9.17) is 4.74 Å². The summed E-state index contributed by atoms with van der Waals surface area (Å²) < 4.78 is 35.9. The van der Waals surface area contributed by atoms with Crippen LogP contribution in [0.1, 0.15) is 37.7 Å². The van der Waals surface area contributed by atoms with Gasteiger partial charge >= 0.3 is 0 Å². The molecule has 2 saturated heterocycles. The molecule has 5 rings (SSSR count). The number of nitrogens with one attached hydrogen (secondary N) is 3. The predicted molar refractivity (Wildman–Crippen MR) is 131 cm³/mol. The average Bonchev–Trinajstić information content (AvgIpc) is 3.33. The van der Waals surface area contributed by atoms with E-state index < -0.39 is 23.5 Å². The molecule has 1 amide bonds. The Kier molecular flexibility index (Phi) is 7.04. The van der Waals surface area contributed by atoms with Gasteiger partial charge in [0.2, 0.25) is 23.6 Å². The van der Waals surface area contributed by atoms with Crippen molar-refractivity contribution in [3.63, 3.8) is 0 Å². The summed E-state index contributed by atoms with van der Waals surface area (Å²) in [6, 6.07) is 8.25. The van der Waals surface area contributed by atoms with E-state index in [0.29, 0.717) is 30.2 Å². The highest BCUT2D eigenvalue weighted by molar-refractivity contribution is 5.81. The van der Waals surface area contributed by atoms with E-state index in [2.05, 4.69) is 30.9 Å². The summed E-state index contributed by atoms with van der Waals surface area (Å²) in [6.07, 6.45) is 5.82. The van der Waals surface area contributed by atoms with E-state index in [1.165, 1.54) is 18.3 Å². The molecule has 2 fully saturated rings. The summed E-state index contributed by atoms with van der Waals surface area (Å²) in [5.74, 6) is -2.86. The van der Waals surface area contributed by atoms with Crippen LogP contribution >= 0.6 is 0 Å². The molecule has 3 aromatic rings. The first kappa shape index (κ1) is 24.1. The number of anilines is 1. The monoisotopic (exact) mass is 494 g/mol. The molecular weight excluding hydrogens is 466 g/mol. The summed E-state index contributed by atoms with van der Waals surface area (Å²) in [4.78, 5) is 25.2. The van der Waals surface area contributed by atoms with Gasteiger partial charge in [0.05, 0.1) is 11.3 Å². The Morgan fingerprint density at radius 3 is 2.75 bits per heavy atom. The molecule has 2 aliphatic heterocycles. The van der Waals surface area contributed by atoms with Crippen LogP contribution < -0.4 is 20.7 Å². The third-order valence-electron chi connectivity index (χ3n) is 6.80. The van der Waals surface area contributed by atoms with E-state index >= 15 is 8.78 Å². The number of ether oxygens (including phenoxy) is 1. The molecule has 2 aliphatic rings. The van der Waals surface area contributed by atoms with Gasteiger partial charge in [-0.2, -0.15) is 4.39 Å². The maximum Gasteiger partial charge on any atom is 0.228 e. The fourth-order valence-corrected chi connectivity index (χ4v) is 4.79. The van der Waals surface area contributed by atoms with Gasteiger partial charge in [0.1, 0.15) is 0 Å². The topological polar surface area (TPSA) is 101 Å². The molecule has 3 unspecified atom stereocenters. The fraction of sp³-hybridized carbons (Fsp3) is 0.385. The maximum absolute atomic E-state index is 15.1. The second-order valence-electron chi connectivity index (χ2n) is 9.17. The second kappa shape index (κ2) is 10.5. The standard InChI is InChI=1S/C26H28F2N6O2/c1-15(18-8-12-30-24(18)35)17-6-7-21(23(28)22(17)27)36-25-19(5-3-11-31-25)20-9-13-32-26(34-20)33-16-4-2-10-29-14-16/h3,5-7,9,11,13,15-16,18,29H,2,4,8,10,12,14H2,1H3,(H,30,35)(H,32,33,34). The Bertz CT molecular complexity index is 1250. The van der Waals surface area contributed by atoms with Crippen molar-refractivity contribution in [3.8, 4) is 22.9 Å². The number of aromatic nitrogens is 3. The van der Waals surface area contributed by atoms with Crippen LogP contribution in [0, 0.1) is 17.6 Å². The Hall–Kier alpha value is -3.66. The van der Waals surface area contributed by atoms with Gasteiger partial charge in [-0.15, -0.1) is 0 Å². The van der Waals surface area contributed by atoms with Crippen LogP contribution in [-0.4, -0.2) is 46.5 Å². The summed E-state index contributed by atoms with van der Waals surface area (Å²) in [5, 5.41) is 9.42. The molecule has 0 aliphatic carbocycles. The van der Waals surface area contributed by atoms with Crippen LogP contribution in [0.3, 0.4) is 0 Å². The average molecular weight is 495 g/mol. The molecular formula is C26H28F2N6O2. The number of hydrogen-bond donors (Lipinski definition) is 3. The molecule has 36 heavy (non-hydrogen) atoms. The molecule has 1 aromatic carbocycles. The van der Waals surface area contributed by atoms with Crippen molar-refractivity contribution in [1.82, 2.24) is 25.6 Å². The number of halogens is 2. The molecule has 0 spiro atoms. The summed E-state index contributed by atoms with van der Waals surface area (Å²) in [7, 11) is 0. The number of benzene rings is 1. The van der Waals surface area contributed by atoms with E-state index in [9.17, 15) is 4.79 Å². The molecule has 10 heteroatoms. The molecule has 0 bridgehead atoms. The van der Waals surface area contributed by atoms with E-state index in [-0.39, 0.29) is 29.1 Å². The van der Waals surface area contributed by atoms with Crippen LogP contribution in [-0.2, 0) is 4.79 Å². The minimum atomic E-state index is -1.12. The number of amides is 1. The lowest BCUT2D eigenvalue weighted by Crippen LogP contribution is -2.38. The zero-order chi connectivity index (χ0) is 25.1. The number of pyridine rings is 1. The number of carbonyl (C=O) groups excluding carboxylic acids is 1. The van der Waals surface area contributed by atoms with E-state index in [1.807, 2.05) is 0 Å². The lowest BCUT2D eigenvalue weighted by Gasteiger charge is -2.23. The van der Waals surface area contributed by atoms with Crippen molar-refractivity contribution < 1.29 is 18.3 Å². The Balaban J connectivity index is 1.39. The molecule has 188 valence electrons. The third-order valence-corrected chi connectivity index (χ3v) is 6.80. The van der Waals surface area contributed by atoms with Gasteiger partial charge in [-0.3, -0.25) is 4.79 Å². The van der Waals surface area contributed by atoms with E-state index in [0.717, 1.165) is 25.9 Å². The fourth-order valence-electron chi connectivity index (χ4n) is 4.79. The second-order valence-corrected chi connectivity index (χ2v) is 9.17. The van der Waals surface area contributed by atoms with E-state index in [1.54, 1.807) is 31.3 Å². The van der Waals surface area contributed by atoms with Gasteiger partial charge in [-0.05, 0) is 61.6 Å². The van der Waals surface area contributed by atoms with Gasteiger partial charge in [0.15, 0.2) is 11.6 Å². The molecule has 2 aromatic heterocycles. The van der Waals surface area contributed by atoms with Crippen molar-refractivity contribution >= 4 is 11.9 Å². The minimum Gasteiger partial charge on any atom is -0.435 e. The Morgan fingerprint density at radius 1 is 1.08 bits per heavy atom. The molecule has 0 saturated carbocycles. The molecule has 3 atom stereocenters. The summed E-state index contributed by atoms with van der Waals surface area (Å²) in [6.45, 7) is 4.11. The zero-order valence-corrected chi connectivity index (χ0v) is 19.9. The lowest BCUT2D eigenvalue weighted by molar-refractivity contribution is -0.122. The highest BCUT2D eigenvalue weighted by atomic mass is 19.2. The molecule has 3 N–H and O–H groups in total. The number of hydrogen-bond acceptors (Lipinski definition) is 7. The first-order chi connectivity index (χ1) is 17.5. The van der Waals surface area contributed by atoms with Gasteiger partial charge in [0, 0.05) is 37.4 Å². The van der Waals surface area contributed by atoms with Crippen LogP contribution in [0.4, 0.5) is 14.7 Å². The first-order valence-corrected chi connectivity index (χ1v) is 12.2. The number of piperidine rings is 1. The summed E-state index contributed by atoms with van der Waals surface area (Å²) in [5.41, 5.74) is 1.20. The van der Waals surface area contributed by atoms with Crippen molar-refractivity contribution in [2.45, 2.75) is 38.1 Å². The Labute approximate surface area is 207 Å². The smallest absolute Gasteiger partial charge is 0.228 e. The highest BCUT2D eigenvalue weighted by Crippen LogP contribution is 2.37. The SMILES string of the molecule is CC(c1ccc(Oc2ncccc2-c2ccnc(NC3CCCNC3)n2)c(F)c1F)C1CCNC1=O. The van der Waals surface area contributed by atoms with Crippen molar-refractivity contribution in [1.29, 1.82) is 0 Å². The number of rotatable bonds is 7. The number of carbonyl (C=O) groups is 1. The normalized spacial score (nSPS) is 20.6. The van der Waals surface area contributed by atoms with Crippen molar-refractivity contribution in [2.75, 3.05) is 25.0 Å². The van der Waals surface area contributed by atoms with Crippen LogP contribution in [0.15, 0.2) is 42.7 Å². The van der Waals surface area contributed by atoms with Gasteiger partial charge in [0.25, 0.3) is 0 Å². The van der Waals surface area contributed by atoms with Gasteiger partial charge in [-0.25, -0.2) is 19.3 Å². The molecule has 8 nitrogen and oxygen atoms in total. The highest BCUT2D eigenvalue weighted by Gasteiger charge is 2.33. The van der Waals surface area contributed by atoms with Crippen molar-refractivity contribution in [3.05, 3.63) is 59.9 Å². The van der Waals surface area contributed by atoms with Crippen LogP contribution in [0.5, 0.6) is 11.6 Å². The number of nitrogens with zero attached hydrogens (tertiary/aromatic N) is 3.